The van der Waals surface area contributed by atoms with E-state index < -0.39 is 4.92 Å². The summed E-state index contributed by atoms with van der Waals surface area (Å²) < 4.78 is 0. The van der Waals surface area contributed by atoms with Crippen molar-refractivity contribution in [2.45, 2.75) is 19.4 Å². The van der Waals surface area contributed by atoms with Crippen LogP contribution < -0.4 is 0 Å². The smallest absolute Gasteiger partial charge is 0.273 e. The maximum atomic E-state index is 13.2. The van der Waals surface area contributed by atoms with Crippen molar-refractivity contribution in [1.29, 1.82) is 0 Å². The van der Waals surface area contributed by atoms with E-state index >= 15 is 0 Å². The molecule has 4 rings (SSSR count). The molecule has 3 aromatic carbocycles. The van der Waals surface area contributed by atoms with Crippen LogP contribution in [-0.4, -0.2) is 22.3 Å². The third kappa shape index (κ3) is 3.27. The van der Waals surface area contributed by atoms with Gasteiger partial charge in [0.25, 0.3) is 11.6 Å². The fourth-order valence-corrected chi connectivity index (χ4v) is 3.85. The Morgan fingerprint density at radius 1 is 1.04 bits per heavy atom. The zero-order valence-electron chi connectivity index (χ0n) is 15.5. The normalized spacial score (nSPS) is 15.8. The number of fused-ring (bicyclic) bond motifs is 1. The van der Waals surface area contributed by atoms with Gasteiger partial charge in [-0.1, -0.05) is 60.7 Å². The molecule has 0 saturated carbocycles. The van der Waals surface area contributed by atoms with Crippen LogP contribution in [0.25, 0.3) is 0 Å². The number of nitrogens with zero attached hydrogens (tertiary/aromatic N) is 2. The predicted octanol–water partition coefficient (Wildman–Crippen LogP) is 4.69. The van der Waals surface area contributed by atoms with Gasteiger partial charge in [0.15, 0.2) is 0 Å². The highest BCUT2D eigenvalue weighted by atomic mass is 16.6. The molecular weight excluding hydrogens is 352 g/mol. The van der Waals surface area contributed by atoms with E-state index in [-0.39, 0.29) is 17.5 Å². The highest BCUT2D eigenvalue weighted by Crippen LogP contribution is 2.34. The SMILES string of the molecule is Cc1ccc(C(=O)N2Cc3ccccc3[C@@H](c3ccccc3)C2)cc1[N+](=O)[O-]. The van der Waals surface area contributed by atoms with Crippen molar-refractivity contribution < 1.29 is 9.72 Å². The van der Waals surface area contributed by atoms with Crippen molar-refractivity contribution in [3.05, 3.63) is 111 Å². The second-order valence-electron chi connectivity index (χ2n) is 7.11. The maximum absolute atomic E-state index is 13.2. The minimum Gasteiger partial charge on any atom is -0.333 e. The number of benzene rings is 3. The molecule has 1 atom stereocenters. The monoisotopic (exact) mass is 372 g/mol. The van der Waals surface area contributed by atoms with E-state index in [1.165, 1.54) is 11.6 Å². The summed E-state index contributed by atoms with van der Waals surface area (Å²) in [6, 6.07) is 23.0. The Hall–Kier alpha value is -3.47. The molecule has 0 unspecified atom stereocenters. The predicted molar refractivity (Wildman–Crippen MR) is 107 cm³/mol. The van der Waals surface area contributed by atoms with Gasteiger partial charge in [-0.15, -0.1) is 0 Å². The van der Waals surface area contributed by atoms with E-state index in [0.717, 1.165) is 11.1 Å². The van der Waals surface area contributed by atoms with Gasteiger partial charge in [-0.2, -0.15) is 0 Å². The van der Waals surface area contributed by atoms with Crippen LogP contribution in [0.3, 0.4) is 0 Å². The number of rotatable bonds is 3. The number of aryl methyl sites for hydroxylation is 1. The third-order valence-corrected chi connectivity index (χ3v) is 5.34. The van der Waals surface area contributed by atoms with E-state index in [4.69, 9.17) is 0 Å². The Balaban J connectivity index is 1.71. The van der Waals surface area contributed by atoms with Gasteiger partial charge in [0, 0.05) is 36.2 Å². The van der Waals surface area contributed by atoms with Crippen molar-refractivity contribution in [3.63, 3.8) is 0 Å². The van der Waals surface area contributed by atoms with E-state index in [9.17, 15) is 14.9 Å². The Bertz CT molecular complexity index is 1050. The molecule has 1 aliphatic rings. The fourth-order valence-electron chi connectivity index (χ4n) is 3.85. The molecule has 0 aliphatic carbocycles. The lowest BCUT2D eigenvalue weighted by molar-refractivity contribution is -0.385. The minimum absolute atomic E-state index is 0.0251. The number of nitro benzene ring substituents is 1. The van der Waals surface area contributed by atoms with Crippen LogP contribution in [0.5, 0.6) is 0 Å². The molecule has 0 saturated heterocycles. The molecule has 0 N–H and O–H groups in total. The molecular formula is C23H20N2O3. The van der Waals surface area contributed by atoms with E-state index in [2.05, 4.69) is 18.2 Å². The summed E-state index contributed by atoms with van der Waals surface area (Å²) in [7, 11) is 0. The zero-order valence-corrected chi connectivity index (χ0v) is 15.5. The zero-order chi connectivity index (χ0) is 19.7. The molecule has 140 valence electrons. The molecule has 5 heteroatoms. The molecule has 0 radical (unpaired) electrons. The first kappa shape index (κ1) is 17.9. The molecule has 0 bridgehead atoms. The summed E-state index contributed by atoms with van der Waals surface area (Å²) in [6.45, 7) is 2.72. The van der Waals surface area contributed by atoms with Crippen molar-refractivity contribution >= 4 is 11.6 Å². The van der Waals surface area contributed by atoms with E-state index in [0.29, 0.717) is 24.2 Å². The van der Waals surface area contributed by atoms with Gasteiger partial charge in [0.05, 0.1) is 4.92 Å². The molecule has 1 aliphatic heterocycles. The molecule has 28 heavy (non-hydrogen) atoms. The second-order valence-corrected chi connectivity index (χ2v) is 7.11. The highest BCUT2D eigenvalue weighted by Gasteiger charge is 2.30. The molecule has 1 amide bonds. The Morgan fingerprint density at radius 3 is 2.50 bits per heavy atom. The first-order valence-corrected chi connectivity index (χ1v) is 9.21. The summed E-state index contributed by atoms with van der Waals surface area (Å²) in [5.74, 6) is -0.103. The number of hydrogen-bond acceptors (Lipinski definition) is 3. The van der Waals surface area contributed by atoms with Crippen LogP contribution in [0.4, 0.5) is 5.69 Å². The van der Waals surface area contributed by atoms with Gasteiger partial charge < -0.3 is 4.90 Å². The topological polar surface area (TPSA) is 63.5 Å². The lowest BCUT2D eigenvalue weighted by atomic mass is 9.84. The van der Waals surface area contributed by atoms with Crippen molar-refractivity contribution in [3.8, 4) is 0 Å². The quantitative estimate of drug-likeness (QED) is 0.495. The van der Waals surface area contributed by atoms with Gasteiger partial charge in [0.1, 0.15) is 0 Å². The summed E-state index contributed by atoms with van der Waals surface area (Å²) >= 11 is 0. The van der Waals surface area contributed by atoms with Crippen LogP contribution in [0.15, 0.2) is 72.8 Å². The van der Waals surface area contributed by atoms with Gasteiger partial charge in [-0.05, 0) is 29.7 Å². The van der Waals surface area contributed by atoms with Crippen molar-refractivity contribution in [2.75, 3.05) is 6.54 Å². The van der Waals surface area contributed by atoms with Crippen LogP contribution in [0.2, 0.25) is 0 Å². The molecule has 1 heterocycles. The molecule has 3 aromatic rings. The van der Waals surface area contributed by atoms with Gasteiger partial charge >= 0.3 is 0 Å². The van der Waals surface area contributed by atoms with Crippen molar-refractivity contribution in [1.82, 2.24) is 4.90 Å². The van der Waals surface area contributed by atoms with Crippen LogP contribution in [0.1, 0.15) is 38.5 Å². The summed E-state index contributed by atoms with van der Waals surface area (Å²) in [5, 5.41) is 11.3. The first-order chi connectivity index (χ1) is 13.5. The van der Waals surface area contributed by atoms with Crippen LogP contribution in [-0.2, 0) is 6.54 Å². The number of nitro groups is 1. The lowest BCUT2D eigenvalue weighted by Gasteiger charge is -2.35. The summed E-state index contributed by atoms with van der Waals surface area (Å²) in [5.41, 5.74) is 4.37. The first-order valence-electron chi connectivity index (χ1n) is 9.21. The second kappa shape index (κ2) is 7.27. The number of carbonyl (C=O) groups excluding carboxylic acids is 1. The van der Waals surface area contributed by atoms with Crippen LogP contribution in [0, 0.1) is 17.0 Å². The van der Waals surface area contributed by atoms with E-state index in [1.807, 2.05) is 36.4 Å². The summed E-state index contributed by atoms with van der Waals surface area (Å²) in [6.07, 6.45) is 0. The lowest BCUT2D eigenvalue weighted by Crippen LogP contribution is -2.38. The van der Waals surface area contributed by atoms with E-state index in [1.54, 1.807) is 24.0 Å². The Kier molecular flexibility index (Phi) is 4.65. The average molecular weight is 372 g/mol. The number of hydrogen-bond donors (Lipinski definition) is 0. The summed E-state index contributed by atoms with van der Waals surface area (Å²) in [4.78, 5) is 25.8. The third-order valence-electron chi connectivity index (χ3n) is 5.34. The number of amides is 1. The average Bonchev–Trinajstić information content (AvgIpc) is 2.73. The highest BCUT2D eigenvalue weighted by molar-refractivity contribution is 5.95. The Labute approximate surface area is 163 Å². The standard InChI is InChI=1S/C23H20N2O3/c1-16-11-12-18(13-22(16)25(27)28)23(26)24-14-19-9-5-6-10-20(19)21(15-24)17-7-3-2-4-8-17/h2-13,21H,14-15H2,1H3/t21-/m1/s1. The molecule has 5 nitrogen and oxygen atoms in total. The van der Waals surface area contributed by atoms with Gasteiger partial charge in [-0.3, -0.25) is 14.9 Å². The molecule has 0 aromatic heterocycles. The number of carbonyl (C=O) groups is 1. The molecule has 0 fully saturated rings. The van der Waals surface area contributed by atoms with Gasteiger partial charge in [0.2, 0.25) is 0 Å². The molecule has 0 spiro atoms. The van der Waals surface area contributed by atoms with Crippen molar-refractivity contribution in [2.24, 2.45) is 0 Å². The maximum Gasteiger partial charge on any atom is 0.273 e. The Morgan fingerprint density at radius 2 is 1.75 bits per heavy atom. The van der Waals surface area contributed by atoms with Crippen LogP contribution >= 0.6 is 0 Å². The largest absolute Gasteiger partial charge is 0.333 e. The minimum atomic E-state index is -0.440. The van der Waals surface area contributed by atoms with Gasteiger partial charge in [-0.25, -0.2) is 0 Å². The fraction of sp³-hybridized carbons (Fsp3) is 0.174.